The second kappa shape index (κ2) is 6.59. The SMILES string of the molecule is CC(NC(=O)CC1(CC(=O)O)CCCCC1)C1CCC1. The molecule has 1 amide bonds. The molecule has 2 rings (SSSR count). The van der Waals surface area contributed by atoms with Crippen molar-refractivity contribution in [3.8, 4) is 0 Å². The van der Waals surface area contributed by atoms with Crippen LogP contribution in [0.2, 0.25) is 0 Å². The number of aliphatic carboxylic acids is 1. The summed E-state index contributed by atoms with van der Waals surface area (Å²) in [4.78, 5) is 23.4. The van der Waals surface area contributed by atoms with Crippen LogP contribution in [-0.2, 0) is 9.59 Å². The molecule has 1 unspecified atom stereocenters. The zero-order valence-corrected chi connectivity index (χ0v) is 12.5. The van der Waals surface area contributed by atoms with Gasteiger partial charge in [0.15, 0.2) is 0 Å². The van der Waals surface area contributed by atoms with Gasteiger partial charge in [-0.1, -0.05) is 25.7 Å². The summed E-state index contributed by atoms with van der Waals surface area (Å²) >= 11 is 0. The molecule has 114 valence electrons. The average molecular weight is 281 g/mol. The molecule has 0 aliphatic heterocycles. The summed E-state index contributed by atoms with van der Waals surface area (Å²) < 4.78 is 0. The molecular weight excluding hydrogens is 254 g/mol. The van der Waals surface area contributed by atoms with Gasteiger partial charge in [-0.25, -0.2) is 0 Å². The molecule has 1 atom stereocenters. The molecule has 0 spiro atoms. The van der Waals surface area contributed by atoms with Crippen LogP contribution in [0.3, 0.4) is 0 Å². The number of carboxylic acids is 1. The summed E-state index contributed by atoms with van der Waals surface area (Å²) in [6.07, 6.45) is 9.25. The molecule has 0 aromatic heterocycles. The van der Waals surface area contributed by atoms with Crippen molar-refractivity contribution in [1.82, 2.24) is 5.32 Å². The van der Waals surface area contributed by atoms with Crippen molar-refractivity contribution in [2.75, 3.05) is 0 Å². The maximum absolute atomic E-state index is 12.2. The van der Waals surface area contributed by atoms with Gasteiger partial charge in [-0.3, -0.25) is 9.59 Å². The number of carboxylic acid groups (broad SMARTS) is 1. The molecule has 4 nitrogen and oxygen atoms in total. The van der Waals surface area contributed by atoms with Crippen LogP contribution in [0.15, 0.2) is 0 Å². The molecule has 0 radical (unpaired) electrons. The van der Waals surface area contributed by atoms with E-state index in [1.165, 1.54) is 25.7 Å². The molecular formula is C16H27NO3. The molecule has 0 bridgehead atoms. The van der Waals surface area contributed by atoms with Crippen molar-refractivity contribution in [1.29, 1.82) is 0 Å². The molecule has 4 heteroatoms. The summed E-state index contributed by atoms with van der Waals surface area (Å²) in [5.41, 5.74) is -0.298. The van der Waals surface area contributed by atoms with Gasteiger partial charge in [0, 0.05) is 12.5 Å². The zero-order valence-electron chi connectivity index (χ0n) is 12.5. The fraction of sp³-hybridized carbons (Fsp3) is 0.875. The number of rotatable bonds is 6. The van der Waals surface area contributed by atoms with E-state index in [1.54, 1.807) is 0 Å². The van der Waals surface area contributed by atoms with E-state index in [0.717, 1.165) is 25.7 Å². The highest BCUT2D eigenvalue weighted by Crippen LogP contribution is 2.42. The molecule has 2 N–H and O–H groups in total. The average Bonchev–Trinajstić information content (AvgIpc) is 2.25. The maximum Gasteiger partial charge on any atom is 0.303 e. The van der Waals surface area contributed by atoms with Crippen LogP contribution >= 0.6 is 0 Å². The van der Waals surface area contributed by atoms with Crippen molar-refractivity contribution >= 4 is 11.9 Å². The zero-order chi connectivity index (χ0) is 14.6. The minimum absolute atomic E-state index is 0.0487. The van der Waals surface area contributed by atoms with E-state index in [1.807, 2.05) is 0 Å². The summed E-state index contributed by atoms with van der Waals surface area (Å²) in [7, 11) is 0. The van der Waals surface area contributed by atoms with E-state index in [0.29, 0.717) is 12.3 Å². The van der Waals surface area contributed by atoms with Crippen LogP contribution in [0, 0.1) is 11.3 Å². The topological polar surface area (TPSA) is 66.4 Å². The number of carbonyl (C=O) groups excluding carboxylic acids is 1. The Morgan fingerprint density at radius 2 is 1.80 bits per heavy atom. The fourth-order valence-electron chi connectivity index (χ4n) is 3.74. The second-order valence-corrected chi connectivity index (χ2v) is 6.86. The highest BCUT2D eigenvalue weighted by Gasteiger charge is 2.37. The normalized spacial score (nSPS) is 23.6. The van der Waals surface area contributed by atoms with Crippen molar-refractivity contribution in [2.45, 2.75) is 77.2 Å². The monoisotopic (exact) mass is 281 g/mol. The first-order chi connectivity index (χ1) is 9.51. The predicted octanol–water partition coefficient (Wildman–Crippen LogP) is 3.11. The highest BCUT2D eigenvalue weighted by atomic mass is 16.4. The van der Waals surface area contributed by atoms with Gasteiger partial charge in [0.25, 0.3) is 0 Å². The Morgan fingerprint density at radius 1 is 1.15 bits per heavy atom. The summed E-state index contributed by atoms with van der Waals surface area (Å²) in [5.74, 6) is -0.0972. The third-order valence-electron chi connectivity index (χ3n) is 5.22. The number of hydrogen-bond donors (Lipinski definition) is 2. The lowest BCUT2D eigenvalue weighted by Gasteiger charge is -2.37. The number of nitrogens with one attached hydrogen (secondary N) is 1. The van der Waals surface area contributed by atoms with Gasteiger partial charge in [-0.05, 0) is 43.9 Å². The lowest BCUT2D eigenvalue weighted by molar-refractivity contribution is -0.141. The van der Waals surface area contributed by atoms with Crippen molar-refractivity contribution in [3.63, 3.8) is 0 Å². The van der Waals surface area contributed by atoms with Gasteiger partial charge in [0.05, 0.1) is 6.42 Å². The van der Waals surface area contributed by atoms with Crippen molar-refractivity contribution in [3.05, 3.63) is 0 Å². The summed E-state index contributed by atoms with van der Waals surface area (Å²) in [6, 6.07) is 0.238. The van der Waals surface area contributed by atoms with Crippen LogP contribution in [0.1, 0.15) is 71.1 Å². The smallest absolute Gasteiger partial charge is 0.303 e. The van der Waals surface area contributed by atoms with Gasteiger partial charge >= 0.3 is 5.97 Å². The first-order valence-corrected chi connectivity index (χ1v) is 8.02. The molecule has 2 aliphatic carbocycles. The molecule has 0 aromatic rings. The number of amides is 1. The molecule has 2 fully saturated rings. The number of hydrogen-bond acceptors (Lipinski definition) is 2. The van der Waals surface area contributed by atoms with E-state index < -0.39 is 5.97 Å². The maximum atomic E-state index is 12.2. The van der Waals surface area contributed by atoms with Gasteiger partial charge in [-0.2, -0.15) is 0 Å². The molecule has 0 saturated heterocycles. The quantitative estimate of drug-likeness (QED) is 0.786. The van der Waals surface area contributed by atoms with Crippen molar-refractivity contribution in [2.24, 2.45) is 11.3 Å². The first-order valence-electron chi connectivity index (χ1n) is 8.02. The van der Waals surface area contributed by atoms with Crippen molar-refractivity contribution < 1.29 is 14.7 Å². The predicted molar refractivity (Wildman–Crippen MR) is 77.3 cm³/mol. The van der Waals surface area contributed by atoms with Gasteiger partial charge in [0.1, 0.15) is 0 Å². The Bertz CT molecular complexity index is 357. The van der Waals surface area contributed by atoms with E-state index in [9.17, 15) is 9.59 Å². The van der Waals surface area contributed by atoms with E-state index in [4.69, 9.17) is 5.11 Å². The Hall–Kier alpha value is -1.06. The lowest BCUT2D eigenvalue weighted by Crippen LogP contribution is -2.43. The molecule has 0 aromatic carbocycles. The second-order valence-electron chi connectivity index (χ2n) is 6.86. The minimum Gasteiger partial charge on any atom is -0.481 e. The first kappa shape index (κ1) is 15.3. The van der Waals surface area contributed by atoms with Crippen LogP contribution in [0.25, 0.3) is 0 Å². The molecule has 0 heterocycles. The third-order valence-corrected chi connectivity index (χ3v) is 5.22. The standard InChI is InChI=1S/C16H27NO3/c1-12(13-6-5-7-13)17-14(18)10-16(11-15(19)20)8-3-2-4-9-16/h12-13H,2-11H2,1H3,(H,17,18)(H,19,20). The van der Waals surface area contributed by atoms with E-state index in [-0.39, 0.29) is 23.8 Å². The highest BCUT2D eigenvalue weighted by molar-refractivity contribution is 5.78. The third kappa shape index (κ3) is 3.97. The molecule has 2 aliphatic rings. The Labute approximate surface area is 121 Å². The van der Waals surface area contributed by atoms with Gasteiger partial charge < -0.3 is 10.4 Å². The van der Waals surface area contributed by atoms with Gasteiger partial charge in [0.2, 0.25) is 5.91 Å². The summed E-state index contributed by atoms with van der Waals surface area (Å²) in [5, 5.41) is 12.2. The van der Waals surface area contributed by atoms with Gasteiger partial charge in [-0.15, -0.1) is 0 Å². The van der Waals surface area contributed by atoms with E-state index >= 15 is 0 Å². The fourth-order valence-corrected chi connectivity index (χ4v) is 3.74. The largest absolute Gasteiger partial charge is 0.481 e. The minimum atomic E-state index is -0.772. The Kier molecular flexibility index (Phi) is 5.06. The lowest BCUT2D eigenvalue weighted by atomic mass is 9.69. The Balaban J connectivity index is 1.89. The van der Waals surface area contributed by atoms with Crippen LogP contribution in [-0.4, -0.2) is 23.0 Å². The van der Waals surface area contributed by atoms with Crippen LogP contribution in [0.4, 0.5) is 0 Å². The molecule has 2 saturated carbocycles. The Morgan fingerprint density at radius 3 is 2.30 bits per heavy atom. The summed E-state index contributed by atoms with van der Waals surface area (Å²) in [6.45, 7) is 2.08. The van der Waals surface area contributed by atoms with Crippen LogP contribution < -0.4 is 5.32 Å². The molecule has 20 heavy (non-hydrogen) atoms. The van der Waals surface area contributed by atoms with E-state index in [2.05, 4.69) is 12.2 Å². The van der Waals surface area contributed by atoms with Crippen LogP contribution in [0.5, 0.6) is 0 Å². The number of carbonyl (C=O) groups is 2.